The van der Waals surface area contributed by atoms with Gasteiger partial charge in [0.05, 0.1) is 24.7 Å². The molecule has 2 bridgehead atoms. The highest BCUT2D eigenvalue weighted by Gasteiger charge is 2.22. The molecule has 1 amide bonds. The number of anilines is 1. The minimum Gasteiger partial charge on any atom is -0.508 e. The third-order valence-corrected chi connectivity index (χ3v) is 5.31. The van der Waals surface area contributed by atoms with Crippen LogP contribution >= 0.6 is 0 Å². The zero-order valence-corrected chi connectivity index (χ0v) is 18.1. The van der Waals surface area contributed by atoms with E-state index in [0.717, 1.165) is 11.1 Å². The van der Waals surface area contributed by atoms with Gasteiger partial charge in [-0.1, -0.05) is 49.5 Å². The molecule has 168 valence electrons. The molecule has 0 saturated carbocycles. The molecule has 0 radical (unpaired) electrons. The van der Waals surface area contributed by atoms with Crippen molar-refractivity contribution in [3.8, 4) is 5.75 Å². The molecule has 0 aliphatic carbocycles. The van der Waals surface area contributed by atoms with Crippen LogP contribution in [0.3, 0.4) is 0 Å². The summed E-state index contributed by atoms with van der Waals surface area (Å²) in [5.41, 5.74) is 2.09. The second-order valence-corrected chi connectivity index (χ2v) is 8.00. The Balaban J connectivity index is 2.23. The van der Waals surface area contributed by atoms with Crippen molar-refractivity contribution in [2.75, 3.05) is 5.32 Å². The van der Waals surface area contributed by atoms with Crippen LogP contribution in [0.15, 0.2) is 66.3 Å². The van der Waals surface area contributed by atoms with Gasteiger partial charge in [-0.3, -0.25) is 4.79 Å². The lowest BCUT2D eigenvalue weighted by molar-refractivity contribution is -0.117. The number of hydrogen-bond donors (Lipinski definition) is 5. The van der Waals surface area contributed by atoms with E-state index in [4.69, 9.17) is 0 Å². The molecule has 1 aliphatic heterocycles. The van der Waals surface area contributed by atoms with E-state index in [9.17, 15) is 25.2 Å². The predicted octanol–water partition coefficient (Wildman–Crippen LogP) is 3.39. The summed E-state index contributed by atoms with van der Waals surface area (Å²) in [5.74, 6) is -0.635. The second-order valence-electron chi connectivity index (χ2n) is 8.00. The molecule has 0 aromatic heterocycles. The number of carbonyl (C=O) groups excluding carboxylic acids is 1. The molecule has 6 nitrogen and oxygen atoms in total. The van der Waals surface area contributed by atoms with Crippen LogP contribution < -0.4 is 5.32 Å². The number of carbonyl (C=O) groups is 1. The summed E-state index contributed by atoms with van der Waals surface area (Å²) in [7, 11) is 0. The van der Waals surface area contributed by atoms with Crippen molar-refractivity contribution >= 4 is 11.6 Å². The summed E-state index contributed by atoms with van der Waals surface area (Å²) in [6.07, 6.45) is 11.4. The molecule has 6 heteroatoms. The topological polar surface area (TPSA) is 110 Å². The number of amides is 1. The zero-order chi connectivity index (χ0) is 22.8. The van der Waals surface area contributed by atoms with Crippen LogP contribution in [0.4, 0.5) is 5.69 Å². The number of rotatable bonds is 0. The molecule has 0 fully saturated rings. The number of fused-ring (bicyclic) bond motifs is 2. The van der Waals surface area contributed by atoms with Crippen molar-refractivity contribution in [3.63, 3.8) is 0 Å². The highest BCUT2D eigenvalue weighted by atomic mass is 16.3. The number of phenols is 1. The maximum Gasteiger partial charge on any atom is 0.227 e. The average molecular weight is 428 g/mol. The fraction of sp³-hybridized carbons (Fsp3) is 0.400. The van der Waals surface area contributed by atoms with Crippen molar-refractivity contribution in [2.24, 2.45) is 5.92 Å². The number of allylic oxidation sites excluding steroid dienone is 5. The monoisotopic (exact) mass is 427 g/mol. The number of aliphatic hydroxyl groups excluding tert-OH is 3. The quantitative estimate of drug-likeness (QED) is 0.408. The van der Waals surface area contributed by atoms with Crippen LogP contribution in [0.25, 0.3) is 0 Å². The van der Waals surface area contributed by atoms with Gasteiger partial charge in [0.15, 0.2) is 0 Å². The summed E-state index contributed by atoms with van der Waals surface area (Å²) in [5, 5.41) is 43.6. The first kappa shape index (κ1) is 24.6. The molecular formula is C25H33NO5. The van der Waals surface area contributed by atoms with Gasteiger partial charge >= 0.3 is 0 Å². The van der Waals surface area contributed by atoms with Crippen LogP contribution in [0, 0.1) is 5.92 Å². The van der Waals surface area contributed by atoms with Gasteiger partial charge in [-0.2, -0.15) is 0 Å². The van der Waals surface area contributed by atoms with Gasteiger partial charge in [0.2, 0.25) is 5.91 Å². The van der Waals surface area contributed by atoms with E-state index >= 15 is 0 Å². The molecular weight excluding hydrogens is 394 g/mol. The van der Waals surface area contributed by atoms with Crippen molar-refractivity contribution in [2.45, 2.75) is 57.8 Å². The van der Waals surface area contributed by atoms with Crippen LogP contribution in [0.2, 0.25) is 0 Å². The molecule has 0 spiro atoms. The first-order valence-corrected chi connectivity index (χ1v) is 10.6. The summed E-state index contributed by atoms with van der Waals surface area (Å²) < 4.78 is 0. The van der Waals surface area contributed by atoms with E-state index in [1.54, 1.807) is 36.4 Å². The Hall–Kier alpha value is -2.67. The second kappa shape index (κ2) is 12.2. The zero-order valence-electron chi connectivity index (χ0n) is 18.1. The molecule has 4 atom stereocenters. The SMILES string of the molecule is C/C1=C/CCc2cc(O)cc(c2)NC(=O)C[C@@H](O)/C=C/C=C/C=C/C[C@H](O)[C@H](C)[C@H]1O. The molecule has 1 heterocycles. The summed E-state index contributed by atoms with van der Waals surface area (Å²) in [6, 6.07) is 4.87. The fourth-order valence-corrected chi connectivity index (χ4v) is 3.40. The van der Waals surface area contributed by atoms with Gasteiger partial charge in [-0.15, -0.1) is 0 Å². The van der Waals surface area contributed by atoms with Crippen molar-refractivity contribution < 1.29 is 25.2 Å². The molecule has 1 aromatic rings. The Morgan fingerprint density at radius 2 is 1.77 bits per heavy atom. The molecule has 0 unspecified atom stereocenters. The predicted molar refractivity (Wildman–Crippen MR) is 123 cm³/mol. The Morgan fingerprint density at radius 3 is 2.55 bits per heavy atom. The Labute approximate surface area is 183 Å². The lowest BCUT2D eigenvalue weighted by Gasteiger charge is -2.24. The van der Waals surface area contributed by atoms with Gasteiger partial charge < -0.3 is 25.7 Å². The summed E-state index contributed by atoms with van der Waals surface area (Å²) >= 11 is 0. The number of benzene rings is 1. The number of phenolic OH excluding ortho intramolecular Hbond substituents is 1. The van der Waals surface area contributed by atoms with E-state index in [0.29, 0.717) is 24.9 Å². The third-order valence-electron chi connectivity index (χ3n) is 5.31. The standard InChI is InChI=1S/C25H33NO5/c1-17-9-8-10-19-13-20(15-22(28)14-19)26-24(30)16-21(27)11-6-4-3-5-7-12-23(29)18(2)25(17)31/h3-7,9,11,13-15,18,21,23,25,27-29,31H,8,10,12,16H2,1-2H3,(H,26,30)/b4-3+,7-5+,11-6+,17-9-/t18-,21-,23-,25-/m0/s1. The van der Waals surface area contributed by atoms with Gasteiger partial charge in [0.25, 0.3) is 0 Å². The number of aryl methyl sites for hydroxylation is 1. The lowest BCUT2D eigenvalue weighted by atomic mass is 9.90. The Bertz CT molecular complexity index is 855. The van der Waals surface area contributed by atoms with E-state index in [1.807, 2.05) is 26.0 Å². The fourth-order valence-electron chi connectivity index (χ4n) is 3.40. The van der Waals surface area contributed by atoms with Gasteiger partial charge in [-0.25, -0.2) is 0 Å². The van der Waals surface area contributed by atoms with Crippen molar-refractivity contribution in [3.05, 3.63) is 71.9 Å². The van der Waals surface area contributed by atoms with Crippen LogP contribution in [0.5, 0.6) is 5.75 Å². The van der Waals surface area contributed by atoms with Crippen molar-refractivity contribution in [1.82, 2.24) is 0 Å². The first-order chi connectivity index (χ1) is 14.8. The number of aliphatic hydroxyl groups is 3. The normalized spacial score (nSPS) is 31.4. The lowest BCUT2D eigenvalue weighted by Crippen LogP contribution is -2.30. The Morgan fingerprint density at radius 1 is 1.03 bits per heavy atom. The minimum atomic E-state index is -0.934. The highest BCUT2D eigenvalue weighted by Crippen LogP contribution is 2.23. The van der Waals surface area contributed by atoms with Crippen LogP contribution in [-0.2, 0) is 11.2 Å². The number of nitrogens with one attached hydrogen (secondary N) is 1. The largest absolute Gasteiger partial charge is 0.508 e. The minimum absolute atomic E-state index is 0.0433. The number of aromatic hydroxyl groups is 1. The van der Waals surface area contributed by atoms with E-state index in [2.05, 4.69) is 5.32 Å². The number of hydrogen-bond acceptors (Lipinski definition) is 5. The summed E-state index contributed by atoms with van der Waals surface area (Å²) in [6.45, 7) is 3.66. The average Bonchev–Trinajstić information content (AvgIpc) is 2.70. The third kappa shape index (κ3) is 8.53. The van der Waals surface area contributed by atoms with Crippen LogP contribution in [-0.4, -0.2) is 44.6 Å². The van der Waals surface area contributed by atoms with Crippen molar-refractivity contribution in [1.29, 1.82) is 0 Å². The van der Waals surface area contributed by atoms with Gasteiger partial charge in [0.1, 0.15) is 5.75 Å². The maximum absolute atomic E-state index is 12.2. The molecule has 1 aromatic carbocycles. The van der Waals surface area contributed by atoms with E-state index < -0.39 is 18.3 Å². The highest BCUT2D eigenvalue weighted by molar-refractivity contribution is 5.91. The smallest absolute Gasteiger partial charge is 0.227 e. The van der Waals surface area contributed by atoms with Gasteiger partial charge in [-0.05, 0) is 49.5 Å². The molecule has 31 heavy (non-hydrogen) atoms. The Kier molecular flexibility index (Phi) is 9.72. The molecule has 2 rings (SSSR count). The molecule has 1 aliphatic rings. The van der Waals surface area contributed by atoms with Crippen LogP contribution in [0.1, 0.15) is 38.7 Å². The molecule has 5 N–H and O–H groups in total. The van der Waals surface area contributed by atoms with E-state index in [-0.39, 0.29) is 24.0 Å². The summed E-state index contributed by atoms with van der Waals surface area (Å²) in [4.78, 5) is 12.2. The molecule has 0 saturated heterocycles. The van der Waals surface area contributed by atoms with Gasteiger partial charge in [0, 0.05) is 17.7 Å². The first-order valence-electron chi connectivity index (χ1n) is 10.6. The maximum atomic E-state index is 12.2. The van der Waals surface area contributed by atoms with E-state index in [1.165, 1.54) is 12.1 Å².